The first-order chi connectivity index (χ1) is 11.2. The lowest BCUT2D eigenvalue weighted by atomic mass is 10.1. The van der Waals surface area contributed by atoms with Crippen molar-refractivity contribution >= 4 is 34.2 Å². The third-order valence-corrected chi connectivity index (χ3v) is 4.05. The van der Waals surface area contributed by atoms with Gasteiger partial charge in [-0.05, 0) is 30.3 Å². The van der Waals surface area contributed by atoms with Crippen molar-refractivity contribution < 1.29 is 0 Å². The number of aromatic nitrogens is 4. The number of halogens is 2. The number of benzene rings is 2. The van der Waals surface area contributed by atoms with Crippen LogP contribution < -0.4 is 0 Å². The van der Waals surface area contributed by atoms with Gasteiger partial charge in [0.1, 0.15) is 5.82 Å². The van der Waals surface area contributed by atoms with E-state index >= 15 is 0 Å². The fourth-order valence-electron chi connectivity index (χ4n) is 2.43. The summed E-state index contributed by atoms with van der Waals surface area (Å²) in [5.41, 5.74) is 3.99. The number of rotatable bonds is 2. The van der Waals surface area contributed by atoms with Crippen LogP contribution in [0.5, 0.6) is 0 Å². The average Bonchev–Trinajstić information content (AvgIpc) is 2.99. The van der Waals surface area contributed by atoms with Crippen molar-refractivity contribution in [2.45, 2.75) is 0 Å². The van der Waals surface area contributed by atoms with Crippen LogP contribution in [0.4, 0.5) is 0 Å². The lowest BCUT2D eigenvalue weighted by Gasteiger charge is -2.07. The zero-order valence-corrected chi connectivity index (χ0v) is 13.2. The van der Waals surface area contributed by atoms with Gasteiger partial charge < -0.3 is 4.98 Å². The van der Waals surface area contributed by atoms with Crippen molar-refractivity contribution in [2.75, 3.05) is 0 Å². The molecule has 0 saturated carbocycles. The van der Waals surface area contributed by atoms with E-state index in [1.807, 2.05) is 30.3 Å². The van der Waals surface area contributed by atoms with Crippen LogP contribution in [0.25, 0.3) is 33.7 Å². The lowest BCUT2D eigenvalue weighted by Crippen LogP contribution is -1.93. The standard InChI is InChI=1S/C17H9Cl2N4/c18-10-5-6-11(13(19)7-10)16-12(8-20-9-21-16)17-22-14-3-1-2-4-15(14)23-17/h1-8H,(H,22,23). The van der Waals surface area contributed by atoms with Crippen molar-refractivity contribution in [1.82, 2.24) is 19.9 Å². The first-order valence-electron chi connectivity index (χ1n) is 6.86. The molecular formula is C17H9Cl2N4. The molecule has 0 saturated heterocycles. The number of hydrogen-bond donors (Lipinski definition) is 1. The van der Waals surface area contributed by atoms with E-state index in [1.54, 1.807) is 18.3 Å². The van der Waals surface area contributed by atoms with Gasteiger partial charge in [0, 0.05) is 16.8 Å². The van der Waals surface area contributed by atoms with Crippen LogP contribution in [0.1, 0.15) is 0 Å². The van der Waals surface area contributed by atoms with E-state index < -0.39 is 0 Å². The van der Waals surface area contributed by atoms with Crippen LogP contribution in [0.2, 0.25) is 10.0 Å². The summed E-state index contributed by atoms with van der Waals surface area (Å²) in [6, 6.07) is 13.1. The molecule has 0 unspecified atom stereocenters. The normalized spacial score (nSPS) is 11.0. The highest BCUT2D eigenvalue weighted by Gasteiger charge is 2.15. The number of hydrogen-bond acceptors (Lipinski definition) is 3. The Hall–Kier alpha value is -2.43. The quantitative estimate of drug-likeness (QED) is 0.571. The minimum Gasteiger partial charge on any atom is -0.338 e. The Kier molecular flexibility index (Phi) is 3.48. The lowest BCUT2D eigenvalue weighted by molar-refractivity contribution is 1.14. The molecule has 1 radical (unpaired) electrons. The maximum atomic E-state index is 6.31. The monoisotopic (exact) mass is 339 g/mol. The van der Waals surface area contributed by atoms with Gasteiger partial charge in [-0.15, -0.1) is 0 Å². The largest absolute Gasteiger partial charge is 0.338 e. The molecule has 0 fully saturated rings. The van der Waals surface area contributed by atoms with Gasteiger partial charge in [-0.25, -0.2) is 15.0 Å². The molecule has 23 heavy (non-hydrogen) atoms. The summed E-state index contributed by atoms with van der Waals surface area (Å²) >= 11 is 12.3. The Morgan fingerprint density at radius 3 is 2.70 bits per heavy atom. The van der Waals surface area contributed by atoms with Gasteiger partial charge in [-0.3, -0.25) is 0 Å². The molecule has 4 aromatic rings. The molecule has 0 atom stereocenters. The van der Waals surface area contributed by atoms with Crippen molar-refractivity contribution in [3.8, 4) is 22.6 Å². The van der Waals surface area contributed by atoms with E-state index in [-0.39, 0.29) is 0 Å². The van der Waals surface area contributed by atoms with Crippen LogP contribution in [0, 0.1) is 6.33 Å². The molecule has 1 N–H and O–H groups in total. The van der Waals surface area contributed by atoms with Crippen LogP contribution >= 0.6 is 23.2 Å². The van der Waals surface area contributed by atoms with E-state index in [1.165, 1.54) is 0 Å². The molecule has 111 valence electrons. The Labute approximate surface area is 142 Å². The average molecular weight is 340 g/mol. The van der Waals surface area contributed by atoms with E-state index in [0.717, 1.165) is 22.2 Å². The molecule has 2 aromatic heterocycles. The second-order valence-electron chi connectivity index (χ2n) is 4.96. The van der Waals surface area contributed by atoms with Gasteiger partial charge >= 0.3 is 0 Å². The summed E-state index contributed by atoms with van der Waals surface area (Å²) in [7, 11) is 0. The van der Waals surface area contributed by atoms with Crippen molar-refractivity contribution in [3.63, 3.8) is 0 Å². The third kappa shape index (κ3) is 2.56. The fraction of sp³-hybridized carbons (Fsp3) is 0. The zero-order valence-electron chi connectivity index (χ0n) is 11.7. The predicted octanol–water partition coefficient (Wildman–Crippen LogP) is 4.79. The van der Waals surface area contributed by atoms with E-state index in [0.29, 0.717) is 21.6 Å². The van der Waals surface area contributed by atoms with Gasteiger partial charge in [-0.1, -0.05) is 35.3 Å². The SMILES string of the molecule is Clc1ccc(-c2n[c]ncc2-c2nc3ccccc3[nH]2)c(Cl)c1. The Morgan fingerprint density at radius 1 is 1.00 bits per heavy atom. The first-order valence-corrected chi connectivity index (χ1v) is 7.61. The van der Waals surface area contributed by atoms with Crippen molar-refractivity contribution in [3.05, 3.63) is 65.0 Å². The zero-order chi connectivity index (χ0) is 15.8. The maximum absolute atomic E-state index is 6.31. The molecule has 2 aromatic carbocycles. The highest BCUT2D eigenvalue weighted by Crippen LogP contribution is 2.34. The molecule has 0 amide bonds. The predicted molar refractivity (Wildman–Crippen MR) is 91.4 cm³/mol. The highest BCUT2D eigenvalue weighted by molar-refractivity contribution is 6.36. The van der Waals surface area contributed by atoms with Gasteiger partial charge in [-0.2, -0.15) is 0 Å². The number of H-pyrrole nitrogens is 1. The molecule has 0 aliphatic rings. The smallest absolute Gasteiger partial charge is 0.198 e. The fourth-order valence-corrected chi connectivity index (χ4v) is 2.93. The molecule has 0 bridgehead atoms. The summed E-state index contributed by atoms with van der Waals surface area (Å²) in [5, 5.41) is 1.09. The number of fused-ring (bicyclic) bond motifs is 1. The Bertz CT molecular complexity index is 977. The summed E-state index contributed by atoms with van der Waals surface area (Å²) in [4.78, 5) is 16.1. The summed E-state index contributed by atoms with van der Waals surface area (Å²) < 4.78 is 0. The second kappa shape index (κ2) is 5.65. The van der Waals surface area contributed by atoms with Crippen LogP contribution in [0.15, 0.2) is 48.7 Å². The van der Waals surface area contributed by atoms with Crippen LogP contribution in [0.3, 0.4) is 0 Å². The molecule has 0 aliphatic heterocycles. The van der Waals surface area contributed by atoms with Gasteiger partial charge in [0.15, 0.2) is 6.33 Å². The highest BCUT2D eigenvalue weighted by atomic mass is 35.5. The Balaban J connectivity index is 1.93. The minimum atomic E-state index is 0.516. The summed E-state index contributed by atoms with van der Waals surface area (Å²) in [6.07, 6.45) is 4.28. The van der Waals surface area contributed by atoms with E-state index in [4.69, 9.17) is 23.2 Å². The summed E-state index contributed by atoms with van der Waals surface area (Å²) in [5.74, 6) is 0.682. The maximum Gasteiger partial charge on any atom is 0.198 e. The molecule has 0 spiro atoms. The first kappa shape index (κ1) is 14.2. The Morgan fingerprint density at radius 2 is 1.87 bits per heavy atom. The van der Waals surface area contributed by atoms with Crippen LogP contribution in [-0.4, -0.2) is 19.9 Å². The topological polar surface area (TPSA) is 54.5 Å². The number of para-hydroxylation sites is 2. The minimum absolute atomic E-state index is 0.516. The van der Waals surface area contributed by atoms with E-state index in [2.05, 4.69) is 26.3 Å². The van der Waals surface area contributed by atoms with E-state index in [9.17, 15) is 0 Å². The molecular weight excluding hydrogens is 331 g/mol. The third-order valence-electron chi connectivity index (χ3n) is 3.50. The van der Waals surface area contributed by atoms with Crippen molar-refractivity contribution in [2.24, 2.45) is 0 Å². The van der Waals surface area contributed by atoms with Gasteiger partial charge in [0.05, 0.1) is 27.3 Å². The molecule has 4 nitrogen and oxygen atoms in total. The van der Waals surface area contributed by atoms with Crippen molar-refractivity contribution in [1.29, 1.82) is 0 Å². The number of nitrogens with zero attached hydrogens (tertiary/aromatic N) is 3. The molecule has 4 rings (SSSR count). The van der Waals surface area contributed by atoms with Gasteiger partial charge in [0.25, 0.3) is 0 Å². The molecule has 0 aliphatic carbocycles. The summed E-state index contributed by atoms with van der Waals surface area (Å²) in [6.45, 7) is 0. The number of imidazole rings is 1. The van der Waals surface area contributed by atoms with Crippen LogP contribution in [-0.2, 0) is 0 Å². The molecule has 2 heterocycles. The number of nitrogens with one attached hydrogen (secondary N) is 1. The van der Waals surface area contributed by atoms with Gasteiger partial charge in [0.2, 0.25) is 0 Å². The number of aromatic amines is 1. The second-order valence-corrected chi connectivity index (χ2v) is 5.80. The molecule has 6 heteroatoms.